The SMILES string of the molecule is O=c1c2sccc2n(Cc2cc(=O)n3cc(Cl)ccc3n2)c(=O)n1-c1cc(F)ccc1F. The molecule has 11 heteroatoms. The minimum Gasteiger partial charge on any atom is -0.286 e. The fourth-order valence-corrected chi connectivity index (χ4v) is 4.46. The number of rotatable bonds is 3. The first-order chi connectivity index (χ1) is 15.3. The molecular formula is C21H11ClF2N4O3S. The second kappa shape index (κ2) is 7.50. The molecule has 1 aromatic carbocycles. The van der Waals surface area contributed by atoms with Gasteiger partial charge >= 0.3 is 5.69 Å². The standard InChI is InChI=1S/C21H11ClF2N4O3S/c22-11-1-4-17-25-13(8-18(29)27(17)9-11)10-26-15-5-6-32-19(15)20(30)28(21(26)31)16-7-12(23)2-3-14(16)24/h1-9H,10H2. The molecule has 0 aliphatic heterocycles. The van der Waals surface area contributed by atoms with E-state index in [-0.39, 0.29) is 16.9 Å². The lowest BCUT2D eigenvalue weighted by molar-refractivity contribution is 0.584. The van der Waals surface area contributed by atoms with Gasteiger partial charge < -0.3 is 0 Å². The highest BCUT2D eigenvalue weighted by Crippen LogP contribution is 2.19. The molecule has 0 aliphatic rings. The highest BCUT2D eigenvalue weighted by molar-refractivity contribution is 7.17. The molecule has 4 aromatic heterocycles. The van der Waals surface area contributed by atoms with Gasteiger partial charge in [-0.1, -0.05) is 11.6 Å². The number of pyridine rings is 1. The molecule has 0 saturated heterocycles. The number of aromatic nitrogens is 4. The predicted octanol–water partition coefficient (Wildman–Crippen LogP) is 3.20. The van der Waals surface area contributed by atoms with Crippen LogP contribution in [0.15, 0.2) is 68.4 Å². The summed E-state index contributed by atoms with van der Waals surface area (Å²) in [5.41, 5.74) is -1.69. The monoisotopic (exact) mass is 472 g/mol. The van der Waals surface area contributed by atoms with E-state index in [1.165, 1.54) is 21.2 Å². The lowest BCUT2D eigenvalue weighted by Gasteiger charge is -2.13. The van der Waals surface area contributed by atoms with E-state index in [0.29, 0.717) is 20.8 Å². The van der Waals surface area contributed by atoms with Gasteiger partial charge in [-0.2, -0.15) is 0 Å². The third-order valence-corrected chi connectivity index (χ3v) is 6.02. The number of nitrogens with zero attached hydrogens (tertiary/aromatic N) is 4. The Kier molecular flexibility index (Phi) is 4.75. The molecular weight excluding hydrogens is 462 g/mol. The van der Waals surface area contributed by atoms with E-state index in [1.54, 1.807) is 23.6 Å². The topological polar surface area (TPSA) is 78.4 Å². The van der Waals surface area contributed by atoms with Gasteiger partial charge in [0.1, 0.15) is 22.0 Å². The van der Waals surface area contributed by atoms with E-state index in [1.807, 2.05) is 0 Å². The summed E-state index contributed by atoms with van der Waals surface area (Å²) < 4.78 is 31.4. The molecule has 160 valence electrons. The summed E-state index contributed by atoms with van der Waals surface area (Å²) in [7, 11) is 0. The van der Waals surface area contributed by atoms with Crippen molar-refractivity contribution in [1.82, 2.24) is 18.5 Å². The van der Waals surface area contributed by atoms with Crippen LogP contribution in [0.4, 0.5) is 8.78 Å². The van der Waals surface area contributed by atoms with Crippen LogP contribution in [0.1, 0.15) is 5.69 Å². The minimum absolute atomic E-state index is 0.169. The van der Waals surface area contributed by atoms with Crippen molar-refractivity contribution in [3.05, 3.63) is 108 Å². The molecule has 0 bridgehead atoms. The van der Waals surface area contributed by atoms with Crippen molar-refractivity contribution in [2.75, 3.05) is 0 Å². The first-order valence-electron chi connectivity index (χ1n) is 9.20. The van der Waals surface area contributed by atoms with E-state index < -0.39 is 34.1 Å². The number of benzene rings is 1. The Labute approximate surface area is 186 Å². The molecule has 0 saturated carbocycles. The maximum Gasteiger partial charge on any atom is 0.336 e. The van der Waals surface area contributed by atoms with Crippen LogP contribution >= 0.6 is 22.9 Å². The van der Waals surface area contributed by atoms with Crippen molar-refractivity contribution in [3.63, 3.8) is 0 Å². The lowest BCUT2D eigenvalue weighted by atomic mass is 10.3. The van der Waals surface area contributed by atoms with Gasteiger partial charge in [0.15, 0.2) is 0 Å². The summed E-state index contributed by atoms with van der Waals surface area (Å²) in [4.78, 5) is 43.1. The maximum absolute atomic E-state index is 14.4. The van der Waals surface area contributed by atoms with E-state index >= 15 is 0 Å². The number of hydrogen-bond acceptors (Lipinski definition) is 5. The normalized spacial score (nSPS) is 11.5. The van der Waals surface area contributed by atoms with E-state index in [0.717, 1.165) is 29.5 Å². The third-order valence-electron chi connectivity index (χ3n) is 4.90. The second-order valence-corrected chi connectivity index (χ2v) is 8.25. The molecule has 0 spiro atoms. The Morgan fingerprint density at radius 1 is 1.03 bits per heavy atom. The number of fused-ring (bicyclic) bond motifs is 2. The van der Waals surface area contributed by atoms with Crippen LogP contribution in [0, 0.1) is 11.6 Å². The molecule has 0 unspecified atom stereocenters. The van der Waals surface area contributed by atoms with Crippen LogP contribution in [-0.2, 0) is 6.54 Å². The molecule has 0 radical (unpaired) electrons. The van der Waals surface area contributed by atoms with Gasteiger partial charge in [0.2, 0.25) is 0 Å². The largest absolute Gasteiger partial charge is 0.336 e. The Morgan fingerprint density at radius 2 is 1.84 bits per heavy atom. The molecule has 0 fully saturated rings. The van der Waals surface area contributed by atoms with Crippen molar-refractivity contribution < 1.29 is 8.78 Å². The summed E-state index contributed by atoms with van der Waals surface area (Å²) >= 11 is 6.99. The zero-order valence-electron chi connectivity index (χ0n) is 16.0. The Balaban J connectivity index is 1.76. The Hall–Kier alpha value is -3.63. The van der Waals surface area contributed by atoms with Crippen molar-refractivity contribution in [2.24, 2.45) is 0 Å². The van der Waals surface area contributed by atoms with Gasteiger partial charge in [0, 0.05) is 18.3 Å². The summed E-state index contributed by atoms with van der Waals surface area (Å²) in [6.45, 7) is -0.169. The summed E-state index contributed by atoms with van der Waals surface area (Å²) in [6, 6.07) is 8.46. The molecule has 0 aliphatic carbocycles. The van der Waals surface area contributed by atoms with Crippen molar-refractivity contribution in [3.8, 4) is 5.69 Å². The molecule has 0 N–H and O–H groups in total. The van der Waals surface area contributed by atoms with Gasteiger partial charge in [-0.3, -0.25) is 18.6 Å². The van der Waals surface area contributed by atoms with Crippen LogP contribution in [0.2, 0.25) is 5.02 Å². The van der Waals surface area contributed by atoms with Crippen LogP contribution in [0.25, 0.3) is 21.6 Å². The fraction of sp³-hybridized carbons (Fsp3) is 0.0476. The number of thiophene rings is 1. The average Bonchev–Trinajstić information content (AvgIpc) is 3.24. The molecule has 32 heavy (non-hydrogen) atoms. The summed E-state index contributed by atoms with van der Waals surface area (Å²) in [6.07, 6.45) is 1.42. The van der Waals surface area contributed by atoms with Crippen molar-refractivity contribution in [2.45, 2.75) is 6.54 Å². The number of hydrogen-bond donors (Lipinski definition) is 0. The van der Waals surface area contributed by atoms with Crippen LogP contribution in [-0.4, -0.2) is 18.5 Å². The first kappa shape index (κ1) is 20.3. The molecule has 0 atom stereocenters. The zero-order valence-corrected chi connectivity index (χ0v) is 17.5. The van der Waals surface area contributed by atoms with Crippen LogP contribution in [0.5, 0.6) is 0 Å². The van der Waals surface area contributed by atoms with Gasteiger partial charge in [-0.05, 0) is 35.7 Å². The van der Waals surface area contributed by atoms with E-state index in [9.17, 15) is 23.2 Å². The average molecular weight is 473 g/mol. The van der Waals surface area contributed by atoms with Crippen LogP contribution < -0.4 is 16.8 Å². The molecule has 5 rings (SSSR count). The molecule has 0 amide bonds. The summed E-state index contributed by atoms with van der Waals surface area (Å²) in [5.74, 6) is -1.72. The predicted molar refractivity (Wildman–Crippen MR) is 117 cm³/mol. The van der Waals surface area contributed by atoms with Crippen LogP contribution in [0.3, 0.4) is 0 Å². The number of halogens is 3. The molecule has 7 nitrogen and oxygen atoms in total. The Morgan fingerprint density at radius 3 is 2.66 bits per heavy atom. The van der Waals surface area contributed by atoms with Gasteiger partial charge in [-0.25, -0.2) is 23.1 Å². The smallest absolute Gasteiger partial charge is 0.286 e. The maximum atomic E-state index is 14.4. The third kappa shape index (κ3) is 3.24. The molecule has 5 aromatic rings. The summed E-state index contributed by atoms with van der Waals surface area (Å²) in [5, 5.41) is 1.97. The highest BCUT2D eigenvalue weighted by Gasteiger charge is 2.19. The van der Waals surface area contributed by atoms with Crippen molar-refractivity contribution in [1.29, 1.82) is 0 Å². The van der Waals surface area contributed by atoms with Gasteiger partial charge in [0.25, 0.3) is 11.1 Å². The van der Waals surface area contributed by atoms with E-state index in [4.69, 9.17) is 11.6 Å². The highest BCUT2D eigenvalue weighted by atomic mass is 35.5. The van der Waals surface area contributed by atoms with E-state index in [2.05, 4.69) is 4.98 Å². The second-order valence-electron chi connectivity index (χ2n) is 6.90. The zero-order chi connectivity index (χ0) is 22.6. The minimum atomic E-state index is -0.924. The lowest BCUT2D eigenvalue weighted by Crippen LogP contribution is -2.39. The fourth-order valence-electron chi connectivity index (χ4n) is 3.48. The quantitative estimate of drug-likeness (QED) is 0.404. The van der Waals surface area contributed by atoms with Crippen molar-refractivity contribution >= 4 is 38.8 Å². The first-order valence-corrected chi connectivity index (χ1v) is 10.5. The van der Waals surface area contributed by atoms with Gasteiger partial charge in [0.05, 0.1) is 28.5 Å². The Bertz CT molecular complexity index is 1720. The van der Waals surface area contributed by atoms with Gasteiger partial charge in [-0.15, -0.1) is 11.3 Å². The molecule has 4 heterocycles.